The van der Waals surface area contributed by atoms with Crippen LogP contribution >= 0.6 is 0 Å². The second kappa shape index (κ2) is 7.91. The van der Waals surface area contributed by atoms with Crippen LogP contribution in [0.25, 0.3) is 11.3 Å². The summed E-state index contributed by atoms with van der Waals surface area (Å²) in [4.78, 5) is 12.9. The lowest BCUT2D eigenvalue weighted by Gasteiger charge is -2.40. The predicted molar refractivity (Wildman–Crippen MR) is 108 cm³/mol. The topological polar surface area (TPSA) is 82.1 Å². The van der Waals surface area contributed by atoms with E-state index in [0.29, 0.717) is 29.4 Å². The summed E-state index contributed by atoms with van der Waals surface area (Å²) in [5.41, 5.74) is 0.679. The number of alkyl halides is 3. The van der Waals surface area contributed by atoms with Crippen LogP contribution in [0.3, 0.4) is 0 Å². The average Bonchev–Trinajstić information content (AvgIpc) is 3.45. The van der Waals surface area contributed by atoms with Gasteiger partial charge in [0.2, 0.25) is 0 Å². The Morgan fingerprint density at radius 1 is 1.09 bits per heavy atom. The second-order valence-electron chi connectivity index (χ2n) is 7.97. The molecule has 3 aromatic rings. The van der Waals surface area contributed by atoms with Crippen LogP contribution in [0, 0.1) is 11.3 Å². The minimum atomic E-state index is -4.41. The predicted octanol–water partition coefficient (Wildman–Crippen LogP) is 4.05. The highest BCUT2D eigenvalue weighted by Crippen LogP contribution is 2.40. The van der Waals surface area contributed by atoms with Crippen molar-refractivity contribution in [1.29, 1.82) is 5.26 Å². The maximum absolute atomic E-state index is 13.0. The highest BCUT2D eigenvalue weighted by molar-refractivity contribution is 5.59. The number of anilines is 1. The van der Waals surface area contributed by atoms with E-state index in [2.05, 4.69) is 31.0 Å². The van der Waals surface area contributed by atoms with Crippen molar-refractivity contribution >= 4 is 5.82 Å². The number of hydrogen-bond acceptors (Lipinski definition) is 7. The molecule has 2 fully saturated rings. The number of hydrogen-bond donors (Lipinski definition) is 0. The fourth-order valence-corrected chi connectivity index (χ4v) is 4.63. The van der Waals surface area contributed by atoms with E-state index in [1.807, 2.05) is 0 Å². The molecular weight excluding hydrogens is 421 g/mol. The summed E-state index contributed by atoms with van der Waals surface area (Å²) in [5.74, 6) is 0.928. The van der Waals surface area contributed by atoms with Crippen LogP contribution < -0.4 is 4.90 Å². The largest absolute Gasteiger partial charge is 0.416 e. The van der Waals surface area contributed by atoms with Gasteiger partial charge in [0, 0.05) is 49.7 Å². The first-order chi connectivity index (χ1) is 15.4. The Bertz CT molecular complexity index is 1170. The molecule has 0 bridgehead atoms. The third kappa shape index (κ3) is 3.69. The van der Waals surface area contributed by atoms with Gasteiger partial charge in [-0.15, -0.1) is 0 Å². The molecule has 0 N–H and O–H groups in total. The smallest absolute Gasteiger partial charge is 0.356 e. The number of nitriles is 1. The van der Waals surface area contributed by atoms with Gasteiger partial charge >= 0.3 is 6.18 Å². The standard InChI is InChI=1S/C22H19F3N6O/c23-22(24,25)15-3-1-2-14(10-15)20-11-17(29-32-20)19-5-4-16-13-30(8-9-31(16)19)21-18(12-26)27-6-7-28-21/h1-3,6-7,10-11,16,19H,4-5,8-9,13H2/t16-,19+/m1/s1. The fraction of sp³-hybridized carbons (Fsp3) is 0.364. The van der Waals surface area contributed by atoms with Crippen molar-refractivity contribution in [2.45, 2.75) is 31.1 Å². The Kier molecular flexibility index (Phi) is 5.06. The van der Waals surface area contributed by atoms with Crippen LogP contribution in [0.5, 0.6) is 0 Å². The van der Waals surface area contributed by atoms with Crippen molar-refractivity contribution in [3.63, 3.8) is 0 Å². The molecule has 2 saturated heterocycles. The zero-order valence-corrected chi connectivity index (χ0v) is 17.0. The van der Waals surface area contributed by atoms with Crippen LogP contribution in [0.15, 0.2) is 47.2 Å². The molecular formula is C22H19F3N6O. The molecule has 1 aromatic carbocycles. The molecule has 0 unspecified atom stereocenters. The van der Waals surface area contributed by atoms with E-state index in [0.717, 1.165) is 43.8 Å². The number of fused-ring (bicyclic) bond motifs is 1. The van der Waals surface area contributed by atoms with Crippen LogP contribution in [0.2, 0.25) is 0 Å². The molecule has 0 amide bonds. The van der Waals surface area contributed by atoms with E-state index in [9.17, 15) is 18.4 Å². The van der Waals surface area contributed by atoms with Gasteiger partial charge in [-0.1, -0.05) is 17.3 Å². The van der Waals surface area contributed by atoms with Gasteiger partial charge in [-0.05, 0) is 25.0 Å². The lowest BCUT2D eigenvalue weighted by Crippen LogP contribution is -2.51. The minimum absolute atomic E-state index is 0.0442. The molecule has 2 aromatic heterocycles. The summed E-state index contributed by atoms with van der Waals surface area (Å²) in [7, 11) is 0. The van der Waals surface area contributed by atoms with Gasteiger partial charge < -0.3 is 9.42 Å². The van der Waals surface area contributed by atoms with Gasteiger partial charge in [0.15, 0.2) is 17.3 Å². The van der Waals surface area contributed by atoms with Gasteiger partial charge in [0.05, 0.1) is 11.6 Å². The maximum atomic E-state index is 13.0. The summed E-state index contributed by atoms with van der Waals surface area (Å²) in [6.45, 7) is 2.17. The van der Waals surface area contributed by atoms with Crippen LogP contribution in [-0.2, 0) is 6.18 Å². The highest BCUT2D eigenvalue weighted by atomic mass is 19.4. The van der Waals surface area contributed by atoms with Gasteiger partial charge in [-0.2, -0.15) is 18.4 Å². The normalized spacial score (nSPS) is 21.4. The van der Waals surface area contributed by atoms with Crippen molar-refractivity contribution in [3.05, 3.63) is 59.7 Å². The Balaban J connectivity index is 1.33. The number of benzene rings is 1. The Morgan fingerprint density at radius 2 is 1.94 bits per heavy atom. The fourth-order valence-electron chi connectivity index (χ4n) is 4.63. The lowest BCUT2D eigenvalue weighted by atomic mass is 10.1. The zero-order valence-electron chi connectivity index (χ0n) is 17.0. The maximum Gasteiger partial charge on any atom is 0.416 e. The first-order valence-electron chi connectivity index (χ1n) is 10.3. The molecule has 0 saturated carbocycles. The Hall–Kier alpha value is -3.45. The molecule has 0 aliphatic carbocycles. The third-order valence-electron chi connectivity index (χ3n) is 6.13. The molecule has 2 atom stereocenters. The van der Waals surface area contributed by atoms with E-state index < -0.39 is 11.7 Å². The van der Waals surface area contributed by atoms with E-state index in [1.165, 1.54) is 12.3 Å². The van der Waals surface area contributed by atoms with Crippen molar-refractivity contribution < 1.29 is 17.7 Å². The average molecular weight is 440 g/mol. The SMILES string of the molecule is N#Cc1nccnc1N1CCN2[C@H](CC[C@H]2c2cc(-c3cccc(C(F)(F)F)c3)on2)C1. The monoisotopic (exact) mass is 440 g/mol. The summed E-state index contributed by atoms with van der Waals surface area (Å²) in [5, 5.41) is 13.5. The van der Waals surface area contributed by atoms with Crippen LogP contribution in [-0.4, -0.2) is 45.7 Å². The first-order valence-corrected chi connectivity index (χ1v) is 10.3. The summed E-state index contributed by atoms with van der Waals surface area (Å²) in [6.07, 6.45) is 0.501. The minimum Gasteiger partial charge on any atom is -0.356 e. The number of halogens is 3. The number of piperazine rings is 1. The summed E-state index contributed by atoms with van der Waals surface area (Å²) < 4.78 is 44.5. The summed E-state index contributed by atoms with van der Waals surface area (Å²) in [6, 6.07) is 9.21. The third-order valence-corrected chi connectivity index (χ3v) is 6.13. The molecule has 10 heteroatoms. The van der Waals surface area contributed by atoms with Crippen LogP contribution in [0.1, 0.15) is 35.8 Å². The van der Waals surface area contributed by atoms with Crippen molar-refractivity contribution in [2.24, 2.45) is 0 Å². The highest BCUT2D eigenvalue weighted by Gasteiger charge is 2.40. The van der Waals surface area contributed by atoms with E-state index in [-0.39, 0.29) is 12.1 Å². The van der Waals surface area contributed by atoms with Gasteiger partial charge in [0.25, 0.3) is 0 Å². The zero-order chi connectivity index (χ0) is 22.3. The van der Waals surface area contributed by atoms with E-state index in [1.54, 1.807) is 18.3 Å². The van der Waals surface area contributed by atoms with Crippen molar-refractivity contribution in [2.75, 3.05) is 24.5 Å². The van der Waals surface area contributed by atoms with Gasteiger partial charge in [0.1, 0.15) is 11.8 Å². The molecule has 164 valence electrons. The lowest BCUT2D eigenvalue weighted by molar-refractivity contribution is -0.137. The molecule has 7 nitrogen and oxygen atoms in total. The van der Waals surface area contributed by atoms with E-state index in [4.69, 9.17) is 4.52 Å². The molecule has 5 rings (SSSR count). The Morgan fingerprint density at radius 3 is 2.75 bits per heavy atom. The number of aromatic nitrogens is 3. The first kappa shape index (κ1) is 20.5. The van der Waals surface area contributed by atoms with E-state index >= 15 is 0 Å². The molecule has 0 spiro atoms. The molecule has 32 heavy (non-hydrogen) atoms. The molecule has 2 aliphatic rings. The van der Waals surface area contributed by atoms with Crippen molar-refractivity contribution in [3.8, 4) is 17.4 Å². The molecule has 4 heterocycles. The van der Waals surface area contributed by atoms with Gasteiger partial charge in [-0.3, -0.25) is 4.90 Å². The Labute approximate surface area is 182 Å². The summed E-state index contributed by atoms with van der Waals surface area (Å²) >= 11 is 0. The molecule has 2 aliphatic heterocycles. The second-order valence-corrected chi connectivity index (χ2v) is 7.97. The number of rotatable bonds is 3. The van der Waals surface area contributed by atoms with Gasteiger partial charge in [-0.25, -0.2) is 9.97 Å². The van der Waals surface area contributed by atoms with Crippen molar-refractivity contribution in [1.82, 2.24) is 20.0 Å². The quantitative estimate of drug-likeness (QED) is 0.608. The number of nitrogens with zero attached hydrogens (tertiary/aromatic N) is 6. The van der Waals surface area contributed by atoms with Crippen LogP contribution in [0.4, 0.5) is 19.0 Å². The molecule has 0 radical (unpaired) electrons.